The van der Waals surface area contributed by atoms with Crippen molar-refractivity contribution < 1.29 is 4.79 Å². The average Bonchev–Trinajstić information content (AvgIpc) is 3.36. The van der Waals surface area contributed by atoms with E-state index in [1.165, 1.54) is 12.8 Å². The predicted molar refractivity (Wildman–Crippen MR) is 93.5 cm³/mol. The fourth-order valence-corrected chi connectivity index (χ4v) is 2.58. The van der Waals surface area contributed by atoms with Crippen molar-refractivity contribution in [2.45, 2.75) is 19.4 Å². The first-order valence-electron chi connectivity index (χ1n) is 8.17. The Morgan fingerprint density at radius 3 is 2.83 bits per heavy atom. The number of fused-ring (bicyclic) bond motifs is 1. The van der Waals surface area contributed by atoms with Crippen molar-refractivity contribution in [2.24, 2.45) is 5.92 Å². The molecule has 0 atom stereocenters. The van der Waals surface area contributed by atoms with E-state index in [0.717, 1.165) is 34.7 Å². The highest BCUT2D eigenvalue weighted by Crippen LogP contribution is 2.27. The molecule has 0 saturated heterocycles. The largest absolute Gasteiger partial charge is 0.363 e. The topological polar surface area (TPSA) is 57.3 Å². The van der Waals surface area contributed by atoms with E-state index >= 15 is 0 Å². The standard InChI is InChI=1S/C18H24N4O/c1-22(2)17-9-14(15-5-3-4-6-16(15)21-17)11-20-18(23)12-19-10-13-7-8-13/h3-6,9,13,19H,7-8,10-12H2,1-2H3,(H,20,23). The van der Waals surface area contributed by atoms with Gasteiger partial charge in [-0.25, -0.2) is 4.98 Å². The number of carbonyl (C=O) groups excluding carboxylic acids is 1. The summed E-state index contributed by atoms with van der Waals surface area (Å²) in [5.74, 6) is 1.73. The summed E-state index contributed by atoms with van der Waals surface area (Å²) < 4.78 is 0. The second-order valence-electron chi connectivity index (χ2n) is 6.40. The highest BCUT2D eigenvalue weighted by atomic mass is 16.1. The third-order valence-corrected chi connectivity index (χ3v) is 4.14. The van der Waals surface area contributed by atoms with Gasteiger partial charge < -0.3 is 15.5 Å². The number of rotatable bonds is 7. The summed E-state index contributed by atoms with van der Waals surface area (Å²) in [6, 6.07) is 10.1. The van der Waals surface area contributed by atoms with Crippen LogP contribution in [-0.4, -0.2) is 38.1 Å². The van der Waals surface area contributed by atoms with Crippen LogP contribution >= 0.6 is 0 Å². The van der Waals surface area contributed by atoms with E-state index in [4.69, 9.17) is 0 Å². The first kappa shape index (κ1) is 15.7. The maximum Gasteiger partial charge on any atom is 0.234 e. The zero-order valence-electron chi connectivity index (χ0n) is 13.8. The molecule has 5 heteroatoms. The van der Waals surface area contributed by atoms with Gasteiger partial charge in [-0.2, -0.15) is 0 Å². The molecule has 2 N–H and O–H groups in total. The smallest absolute Gasteiger partial charge is 0.234 e. The molecule has 23 heavy (non-hydrogen) atoms. The number of benzene rings is 1. The predicted octanol–water partition coefficient (Wildman–Crippen LogP) is 1.92. The van der Waals surface area contributed by atoms with Crippen molar-refractivity contribution in [3.8, 4) is 0 Å². The van der Waals surface area contributed by atoms with Gasteiger partial charge in [0.05, 0.1) is 12.1 Å². The van der Waals surface area contributed by atoms with Gasteiger partial charge >= 0.3 is 0 Å². The van der Waals surface area contributed by atoms with Crippen LogP contribution in [0.1, 0.15) is 18.4 Å². The van der Waals surface area contributed by atoms with Gasteiger partial charge in [-0.15, -0.1) is 0 Å². The zero-order valence-corrected chi connectivity index (χ0v) is 13.8. The van der Waals surface area contributed by atoms with Gasteiger partial charge in [-0.05, 0) is 43.0 Å². The quantitative estimate of drug-likeness (QED) is 0.820. The lowest BCUT2D eigenvalue weighted by molar-refractivity contribution is -0.120. The summed E-state index contributed by atoms with van der Waals surface area (Å²) in [6.07, 6.45) is 2.59. The Bertz CT molecular complexity index is 694. The molecule has 1 aromatic heterocycles. The first-order chi connectivity index (χ1) is 11.1. The molecule has 2 aromatic rings. The van der Waals surface area contributed by atoms with Crippen LogP contribution in [0.4, 0.5) is 5.82 Å². The number of amides is 1. The normalized spacial score (nSPS) is 14.0. The van der Waals surface area contributed by atoms with Crippen LogP contribution in [0, 0.1) is 5.92 Å². The van der Waals surface area contributed by atoms with E-state index < -0.39 is 0 Å². The molecule has 1 aromatic carbocycles. The van der Waals surface area contributed by atoms with Gasteiger partial charge in [-0.1, -0.05) is 18.2 Å². The Kier molecular flexibility index (Phi) is 4.76. The minimum absolute atomic E-state index is 0.0398. The van der Waals surface area contributed by atoms with Gasteiger partial charge in [0.2, 0.25) is 5.91 Å². The summed E-state index contributed by atoms with van der Waals surface area (Å²) >= 11 is 0. The molecule has 1 aliphatic rings. The van der Waals surface area contributed by atoms with Crippen molar-refractivity contribution in [1.82, 2.24) is 15.6 Å². The lowest BCUT2D eigenvalue weighted by Gasteiger charge is -2.15. The molecule has 1 fully saturated rings. The number of aromatic nitrogens is 1. The maximum atomic E-state index is 12.0. The Labute approximate surface area is 137 Å². The van der Waals surface area contributed by atoms with Crippen LogP contribution < -0.4 is 15.5 Å². The molecule has 5 nitrogen and oxygen atoms in total. The van der Waals surface area contributed by atoms with Crippen LogP contribution in [0.3, 0.4) is 0 Å². The first-order valence-corrected chi connectivity index (χ1v) is 8.17. The molecule has 1 amide bonds. The molecule has 0 unspecified atom stereocenters. The fourth-order valence-electron chi connectivity index (χ4n) is 2.58. The van der Waals surface area contributed by atoms with E-state index in [1.54, 1.807) is 0 Å². The van der Waals surface area contributed by atoms with Gasteiger partial charge in [0.25, 0.3) is 0 Å². The minimum Gasteiger partial charge on any atom is -0.363 e. The molecule has 1 saturated carbocycles. The van der Waals surface area contributed by atoms with E-state index in [-0.39, 0.29) is 5.91 Å². The van der Waals surface area contributed by atoms with Gasteiger partial charge in [0.15, 0.2) is 0 Å². The van der Waals surface area contributed by atoms with E-state index in [2.05, 4.69) is 21.7 Å². The van der Waals surface area contributed by atoms with E-state index in [9.17, 15) is 4.79 Å². The summed E-state index contributed by atoms with van der Waals surface area (Å²) in [6.45, 7) is 1.87. The summed E-state index contributed by atoms with van der Waals surface area (Å²) in [5, 5.41) is 7.31. The third kappa shape index (κ3) is 4.20. The van der Waals surface area contributed by atoms with Crippen molar-refractivity contribution in [3.05, 3.63) is 35.9 Å². The fraction of sp³-hybridized carbons (Fsp3) is 0.444. The molecule has 0 aliphatic heterocycles. The Balaban J connectivity index is 1.66. The van der Waals surface area contributed by atoms with Crippen LogP contribution in [0.15, 0.2) is 30.3 Å². The highest BCUT2D eigenvalue weighted by Gasteiger charge is 2.20. The molecular weight excluding hydrogens is 288 g/mol. The van der Waals surface area contributed by atoms with Crippen LogP contribution in [-0.2, 0) is 11.3 Å². The molecule has 3 rings (SSSR count). The van der Waals surface area contributed by atoms with Gasteiger partial charge in [0.1, 0.15) is 5.82 Å². The van der Waals surface area contributed by atoms with Crippen LogP contribution in [0.5, 0.6) is 0 Å². The van der Waals surface area contributed by atoms with Crippen molar-refractivity contribution >= 4 is 22.6 Å². The number of anilines is 1. The number of para-hydroxylation sites is 1. The molecule has 0 spiro atoms. The minimum atomic E-state index is 0.0398. The number of nitrogens with one attached hydrogen (secondary N) is 2. The van der Waals surface area contributed by atoms with Crippen molar-refractivity contribution in [3.63, 3.8) is 0 Å². The summed E-state index contributed by atoms with van der Waals surface area (Å²) in [4.78, 5) is 18.6. The van der Waals surface area contributed by atoms with Crippen LogP contribution in [0.25, 0.3) is 10.9 Å². The van der Waals surface area contributed by atoms with Crippen molar-refractivity contribution in [2.75, 3.05) is 32.1 Å². The molecule has 1 aliphatic carbocycles. The number of hydrogen-bond donors (Lipinski definition) is 2. The van der Waals surface area contributed by atoms with Crippen molar-refractivity contribution in [1.29, 1.82) is 0 Å². The Morgan fingerprint density at radius 2 is 2.09 bits per heavy atom. The lowest BCUT2D eigenvalue weighted by Crippen LogP contribution is -2.34. The highest BCUT2D eigenvalue weighted by molar-refractivity contribution is 5.85. The van der Waals surface area contributed by atoms with E-state index in [1.807, 2.05) is 43.3 Å². The van der Waals surface area contributed by atoms with Crippen LogP contribution in [0.2, 0.25) is 0 Å². The number of carbonyl (C=O) groups is 1. The number of nitrogens with zero attached hydrogens (tertiary/aromatic N) is 2. The molecular formula is C18H24N4O. The second kappa shape index (κ2) is 6.96. The summed E-state index contributed by atoms with van der Waals surface area (Å²) in [7, 11) is 3.95. The second-order valence-corrected chi connectivity index (χ2v) is 6.40. The maximum absolute atomic E-state index is 12.0. The average molecular weight is 312 g/mol. The zero-order chi connectivity index (χ0) is 16.2. The number of pyridine rings is 1. The Morgan fingerprint density at radius 1 is 1.30 bits per heavy atom. The molecule has 122 valence electrons. The van der Waals surface area contributed by atoms with E-state index in [0.29, 0.717) is 13.1 Å². The molecule has 0 bridgehead atoms. The molecule has 0 radical (unpaired) electrons. The summed E-state index contributed by atoms with van der Waals surface area (Å²) in [5.41, 5.74) is 2.05. The number of hydrogen-bond acceptors (Lipinski definition) is 4. The van der Waals surface area contributed by atoms with Gasteiger partial charge in [-0.3, -0.25) is 4.79 Å². The Hall–Kier alpha value is -2.14. The van der Waals surface area contributed by atoms with Gasteiger partial charge in [0, 0.05) is 26.0 Å². The third-order valence-electron chi connectivity index (χ3n) is 4.14. The molecule has 1 heterocycles. The monoisotopic (exact) mass is 312 g/mol. The SMILES string of the molecule is CN(C)c1cc(CNC(=O)CNCC2CC2)c2ccccc2n1. The lowest BCUT2D eigenvalue weighted by atomic mass is 10.1.